The molecule has 2 aliphatic carbocycles. The molecule has 3 nitrogen and oxygen atoms in total. The number of epoxide rings is 2. The standard InChI is InChI=1S/C18H26O3/c1-2-6-13(5-1)9-15-17(20-15)11-19-12-18-16(21-18)10-14-7-3-4-8-14/h1-4,13-18H,5-12H2. The van der Waals surface area contributed by atoms with Gasteiger partial charge >= 0.3 is 0 Å². The van der Waals surface area contributed by atoms with Gasteiger partial charge in [-0.3, -0.25) is 0 Å². The van der Waals surface area contributed by atoms with E-state index in [9.17, 15) is 0 Å². The molecule has 0 spiro atoms. The van der Waals surface area contributed by atoms with Gasteiger partial charge in [-0.15, -0.1) is 0 Å². The van der Waals surface area contributed by atoms with E-state index in [-0.39, 0.29) is 0 Å². The summed E-state index contributed by atoms with van der Waals surface area (Å²) in [4.78, 5) is 0. The van der Waals surface area contributed by atoms with Crippen LogP contribution in [-0.4, -0.2) is 37.6 Å². The maximum absolute atomic E-state index is 5.79. The molecule has 0 aromatic carbocycles. The van der Waals surface area contributed by atoms with Crippen LogP contribution in [0.15, 0.2) is 24.3 Å². The smallest absolute Gasteiger partial charge is 0.107 e. The predicted molar refractivity (Wildman–Crippen MR) is 81.1 cm³/mol. The van der Waals surface area contributed by atoms with Crippen LogP contribution in [0, 0.1) is 11.8 Å². The Kier molecular flexibility index (Phi) is 4.15. The van der Waals surface area contributed by atoms with Crippen LogP contribution < -0.4 is 0 Å². The zero-order valence-corrected chi connectivity index (χ0v) is 12.7. The number of rotatable bonds is 8. The summed E-state index contributed by atoms with van der Waals surface area (Å²) in [5.74, 6) is 1.63. The monoisotopic (exact) mass is 290 g/mol. The van der Waals surface area contributed by atoms with Crippen molar-refractivity contribution >= 4 is 0 Å². The van der Waals surface area contributed by atoms with Gasteiger partial charge in [0.15, 0.2) is 0 Å². The van der Waals surface area contributed by atoms with Gasteiger partial charge in [0.2, 0.25) is 0 Å². The molecule has 0 bridgehead atoms. The lowest BCUT2D eigenvalue weighted by atomic mass is 10.00. The Morgan fingerprint density at radius 1 is 0.667 bits per heavy atom. The third kappa shape index (κ3) is 3.77. The average molecular weight is 290 g/mol. The van der Waals surface area contributed by atoms with E-state index in [1.54, 1.807) is 0 Å². The van der Waals surface area contributed by atoms with Crippen molar-refractivity contribution in [2.24, 2.45) is 11.8 Å². The summed E-state index contributed by atoms with van der Waals surface area (Å²) in [5.41, 5.74) is 0. The molecule has 4 unspecified atom stereocenters. The van der Waals surface area contributed by atoms with Crippen LogP contribution in [0.3, 0.4) is 0 Å². The van der Waals surface area contributed by atoms with E-state index in [0.29, 0.717) is 24.4 Å². The molecule has 21 heavy (non-hydrogen) atoms. The highest BCUT2D eigenvalue weighted by atomic mass is 16.6. The molecule has 4 rings (SSSR count). The summed E-state index contributed by atoms with van der Waals surface area (Å²) in [6.07, 6.45) is 18.1. The van der Waals surface area contributed by atoms with Crippen LogP contribution in [0.25, 0.3) is 0 Å². The fraction of sp³-hybridized carbons (Fsp3) is 0.778. The lowest BCUT2D eigenvalue weighted by Gasteiger charge is -2.06. The van der Waals surface area contributed by atoms with Crippen molar-refractivity contribution in [1.82, 2.24) is 0 Å². The number of allylic oxidation sites excluding steroid dienone is 4. The van der Waals surface area contributed by atoms with Gasteiger partial charge in [-0.25, -0.2) is 0 Å². The third-order valence-electron chi connectivity index (χ3n) is 5.28. The average Bonchev–Trinajstić information content (AvgIpc) is 3.20. The normalized spacial score (nSPS) is 38.5. The van der Waals surface area contributed by atoms with Gasteiger partial charge in [0.05, 0.1) is 25.4 Å². The summed E-state index contributed by atoms with van der Waals surface area (Å²) in [6, 6.07) is 0. The first-order valence-electron chi connectivity index (χ1n) is 8.57. The van der Waals surface area contributed by atoms with Gasteiger partial charge in [-0.05, 0) is 50.4 Å². The second kappa shape index (κ2) is 6.23. The molecule has 4 atom stereocenters. The Morgan fingerprint density at radius 2 is 1.10 bits per heavy atom. The van der Waals surface area contributed by atoms with E-state index in [0.717, 1.165) is 25.0 Å². The van der Waals surface area contributed by atoms with Gasteiger partial charge in [0, 0.05) is 0 Å². The first-order chi connectivity index (χ1) is 10.4. The Labute approximate surface area is 127 Å². The minimum Gasteiger partial charge on any atom is -0.376 e. The topological polar surface area (TPSA) is 34.3 Å². The Bertz CT molecular complexity index is 363. The Morgan fingerprint density at radius 3 is 1.52 bits per heavy atom. The quantitative estimate of drug-likeness (QED) is 0.508. The third-order valence-corrected chi connectivity index (χ3v) is 5.28. The van der Waals surface area contributed by atoms with E-state index >= 15 is 0 Å². The Balaban J connectivity index is 1.04. The number of hydrogen-bond acceptors (Lipinski definition) is 3. The minimum atomic E-state index is 0.349. The van der Waals surface area contributed by atoms with E-state index < -0.39 is 0 Å². The summed E-state index contributed by atoms with van der Waals surface area (Å²) < 4.78 is 17.2. The molecule has 0 aromatic rings. The molecule has 2 aliphatic heterocycles. The second-order valence-corrected chi connectivity index (χ2v) is 7.05. The molecule has 0 radical (unpaired) electrons. The summed E-state index contributed by atoms with van der Waals surface area (Å²) in [5, 5.41) is 0. The van der Waals surface area contributed by atoms with Crippen molar-refractivity contribution in [2.45, 2.75) is 62.9 Å². The summed E-state index contributed by atoms with van der Waals surface area (Å²) >= 11 is 0. The lowest BCUT2D eigenvalue weighted by Crippen LogP contribution is -2.12. The fourth-order valence-corrected chi connectivity index (χ4v) is 3.76. The first-order valence-corrected chi connectivity index (χ1v) is 8.57. The molecule has 2 heterocycles. The zero-order valence-electron chi connectivity index (χ0n) is 12.7. The van der Waals surface area contributed by atoms with Gasteiger partial charge in [-0.1, -0.05) is 24.3 Å². The van der Waals surface area contributed by atoms with Gasteiger partial charge in [-0.2, -0.15) is 0 Å². The molecule has 0 aromatic heterocycles. The van der Waals surface area contributed by atoms with Crippen molar-refractivity contribution < 1.29 is 14.2 Å². The molecule has 4 aliphatic rings. The van der Waals surface area contributed by atoms with Crippen LogP contribution >= 0.6 is 0 Å². The van der Waals surface area contributed by atoms with E-state index in [1.165, 1.54) is 38.5 Å². The first kappa shape index (κ1) is 14.0. The lowest BCUT2D eigenvalue weighted by molar-refractivity contribution is 0.102. The van der Waals surface area contributed by atoms with Crippen LogP contribution in [0.1, 0.15) is 38.5 Å². The maximum Gasteiger partial charge on any atom is 0.107 e. The SMILES string of the molecule is C1=CCC(CC2OC2COCC2OC2CC2CC=CC2)C1. The largest absolute Gasteiger partial charge is 0.376 e. The predicted octanol–water partition coefficient (Wildman–Crippen LogP) is 3.25. The highest BCUT2D eigenvalue weighted by Gasteiger charge is 2.43. The highest BCUT2D eigenvalue weighted by Crippen LogP contribution is 2.35. The van der Waals surface area contributed by atoms with E-state index in [1.807, 2.05) is 0 Å². The molecular weight excluding hydrogens is 264 g/mol. The number of hydrogen-bond donors (Lipinski definition) is 0. The van der Waals surface area contributed by atoms with E-state index in [4.69, 9.17) is 14.2 Å². The minimum absolute atomic E-state index is 0.349. The van der Waals surface area contributed by atoms with Crippen molar-refractivity contribution in [1.29, 1.82) is 0 Å². The maximum atomic E-state index is 5.79. The van der Waals surface area contributed by atoms with Crippen molar-refractivity contribution in [3.8, 4) is 0 Å². The summed E-state index contributed by atoms with van der Waals surface area (Å²) in [6.45, 7) is 1.50. The van der Waals surface area contributed by atoms with Crippen molar-refractivity contribution in [3.63, 3.8) is 0 Å². The summed E-state index contributed by atoms with van der Waals surface area (Å²) in [7, 11) is 0. The molecule has 2 fully saturated rings. The molecule has 0 saturated carbocycles. The molecular formula is C18H26O3. The highest BCUT2D eigenvalue weighted by molar-refractivity contribution is 4.99. The second-order valence-electron chi connectivity index (χ2n) is 7.05. The number of ether oxygens (including phenoxy) is 3. The van der Waals surface area contributed by atoms with Gasteiger partial charge in [0.25, 0.3) is 0 Å². The van der Waals surface area contributed by atoms with Crippen molar-refractivity contribution in [2.75, 3.05) is 13.2 Å². The van der Waals surface area contributed by atoms with Crippen LogP contribution in [0.2, 0.25) is 0 Å². The van der Waals surface area contributed by atoms with Gasteiger partial charge in [0.1, 0.15) is 12.2 Å². The Hall–Kier alpha value is -0.640. The fourth-order valence-electron chi connectivity index (χ4n) is 3.76. The molecule has 2 saturated heterocycles. The zero-order chi connectivity index (χ0) is 14.1. The van der Waals surface area contributed by atoms with Crippen LogP contribution in [0.4, 0.5) is 0 Å². The van der Waals surface area contributed by atoms with Crippen molar-refractivity contribution in [3.05, 3.63) is 24.3 Å². The van der Waals surface area contributed by atoms with Crippen LogP contribution in [-0.2, 0) is 14.2 Å². The molecule has 0 N–H and O–H groups in total. The van der Waals surface area contributed by atoms with E-state index in [2.05, 4.69) is 24.3 Å². The van der Waals surface area contributed by atoms with Crippen LogP contribution in [0.5, 0.6) is 0 Å². The molecule has 0 amide bonds. The molecule has 116 valence electrons. The molecule has 3 heteroatoms. The van der Waals surface area contributed by atoms with Gasteiger partial charge < -0.3 is 14.2 Å².